The molecule has 0 radical (unpaired) electrons. The molecule has 2 N–H and O–H groups in total. The Morgan fingerprint density at radius 1 is 1.48 bits per heavy atom. The number of carbonyl (C=O) groups is 2. The summed E-state index contributed by atoms with van der Waals surface area (Å²) in [7, 11) is 1.59. The van der Waals surface area contributed by atoms with Gasteiger partial charge in [-0.15, -0.1) is 0 Å². The van der Waals surface area contributed by atoms with Crippen LogP contribution in [0.1, 0.15) is 5.56 Å². The van der Waals surface area contributed by atoms with Gasteiger partial charge in [-0.1, -0.05) is 6.07 Å². The predicted molar refractivity (Wildman–Crippen MR) is 82.5 cm³/mol. The molecule has 2 heterocycles. The van der Waals surface area contributed by atoms with E-state index in [1.165, 1.54) is 4.90 Å². The maximum Gasteiger partial charge on any atom is 0.334 e. The van der Waals surface area contributed by atoms with Gasteiger partial charge < -0.3 is 24.5 Å². The normalized spacial score (nSPS) is 18.1. The highest BCUT2D eigenvalue weighted by Crippen LogP contribution is 2.29. The molecule has 23 heavy (non-hydrogen) atoms. The summed E-state index contributed by atoms with van der Waals surface area (Å²) >= 11 is 0. The van der Waals surface area contributed by atoms with Crippen LogP contribution in [0, 0.1) is 0 Å². The summed E-state index contributed by atoms with van der Waals surface area (Å²) in [6, 6.07) is 5.64. The molecule has 122 valence electrons. The Morgan fingerprint density at radius 3 is 3.04 bits per heavy atom. The van der Waals surface area contributed by atoms with Gasteiger partial charge in [0.15, 0.2) is 6.10 Å². The molecule has 3 rings (SSSR count). The van der Waals surface area contributed by atoms with E-state index < -0.39 is 12.1 Å². The second-order valence-electron chi connectivity index (χ2n) is 5.41. The maximum atomic E-state index is 12.5. The number of aromatic amines is 1. The number of carboxylic acid groups (broad SMARTS) is 1. The second kappa shape index (κ2) is 6.29. The Balaban J connectivity index is 1.79. The topological polar surface area (TPSA) is 91.9 Å². The Hall–Kier alpha value is -2.54. The number of H-pyrrole nitrogens is 1. The second-order valence-corrected chi connectivity index (χ2v) is 5.41. The van der Waals surface area contributed by atoms with E-state index in [-0.39, 0.29) is 25.5 Å². The smallest absolute Gasteiger partial charge is 0.334 e. The molecule has 1 amide bonds. The molecular weight excluding hydrogens is 300 g/mol. The van der Waals surface area contributed by atoms with Crippen molar-refractivity contribution in [3.8, 4) is 5.75 Å². The Labute approximate surface area is 132 Å². The van der Waals surface area contributed by atoms with Crippen LogP contribution in [0.4, 0.5) is 0 Å². The van der Waals surface area contributed by atoms with Gasteiger partial charge in [0, 0.05) is 23.6 Å². The zero-order valence-corrected chi connectivity index (χ0v) is 12.7. The maximum absolute atomic E-state index is 12.5. The predicted octanol–water partition coefficient (Wildman–Crippen LogP) is 1.03. The van der Waals surface area contributed by atoms with Gasteiger partial charge in [0.05, 0.1) is 26.7 Å². The van der Waals surface area contributed by atoms with E-state index in [0.29, 0.717) is 12.3 Å². The van der Waals surface area contributed by atoms with Gasteiger partial charge in [-0.05, 0) is 17.7 Å². The van der Waals surface area contributed by atoms with Crippen molar-refractivity contribution in [2.75, 3.05) is 26.8 Å². The molecule has 1 aromatic heterocycles. The molecule has 2 aromatic rings. The van der Waals surface area contributed by atoms with Crippen molar-refractivity contribution in [3.63, 3.8) is 0 Å². The van der Waals surface area contributed by atoms with E-state index in [2.05, 4.69) is 4.98 Å². The Kier molecular flexibility index (Phi) is 4.20. The minimum Gasteiger partial charge on any atom is -0.496 e. The van der Waals surface area contributed by atoms with E-state index >= 15 is 0 Å². The van der Waals surface area contributed by atoms with Crippen LogP contribution in [0.3, 0.4) is 0 Å². The summed E-state index contributed by atoms with van der Waals surface area (Å²) in [6.45, 7) is 0.718. The van der Waals surface area contributed by atoms with Crippen LogP contribution in [0.5, 0.6) is 5.75 Å². The fraction of sp³-hybridized carbons (Fsp3) is 0.375. The molecule has 0 saturated carbocycles. The van der Waals surface area contributed by atoms with Crippen LogP contribution in [0.2, 0.25) is 0 Å². The molecule has 7 nitrogen and oxygen atoms in total. The van der Waals surface area contributed by atoms with Crippen molar-refractivity contribution in [2.45, 2.75) is 12.5 Å². The lowest BCUT2D eigenvalue weighted by Gasteiger charge is -2.30. The van der Waals surface area contributed by atoms with Crippen molar-refractivity contribution in [1.29, 1.82) is 0 Å². The third kappa shape index (κ3) is 3.00. The van der Waals surface area contributed by atoms with Crippen molar-refractivity contribution < 1.29 is 24.2 Å². The fourth-order valence-corrected chi connectivity index (χ4v) is 2.83. The van der Waals surface area contributed by atoms with Crippen molar-refractivity contribution in [1.82, 2.24) is 9.88 Å². The monoisotopic (exact) mass is 318 g/mol. The number of rotatable bonds is 4. The van der Waals surface area contributed by atoms with E-state index in [4.69, 9.17) is 14.6 Å². The summed E-state index contributed by atoms with van der Waals surface area (Å²) in [4.78, 5) is 28.2. The van der Waals surface area contributed by atoms with Gasteiger partial charge in [-0.3, -0.25) is 4.79 Å². The first-order valence-corrected chi connectivity index (χ1v) is 7.35. The molecular formula is C16H18N2O5. The standard InChI is InChI=1S/C16H18N2O5/c1-22-12-4-2-3-11-15(12)10(8-17-11)7-14(19)18-5-6-23-13(9-18)16(20)21/h2-4,8,13,17H,5-7,9H2,1H3,(H,20,21). The lowest BCUT2D eigenvalue weighted by atomic mass is 10.1. The summed E-state index contributed by atoms with van der Waals surface area (Å²) in [6.07, 6.45) is 1.03. The summed E-state index contributed by atoms with van der Waals surface area (Å²) in [5.41, 5.74) is 1.73. The highest BCUT2D eigenvalue weighted by atomic mass is 16.5. The fourth-order valence-electron chi connectivity index (χ4n) is 2.83. The number of methoxy groups -OCH3 is 1. The first kappa shape index (κ1) is 15.4. The molecule has 1 saturated heterocycles. The number of aromatic nitrogens is 1. The SMILES string of the molecule is COc1cccc2[nH]cc(CC(=O)N3CCOC(C(=O)O)C3)c12. The number of hydrogen-bond donors (Lipinski definition) is 2. The number of amides is 1. The molecule has 1 fully saturated rings. The van der Waals surface area contributed by atoms with Gasteiger partial charge >= 0.3 is 5.97 Å². The van der Waals surface area contributed by atoms with Crippen LogP contribution >= 0.6 is 0 Å². The Morgan fingerprint density at radius 2 is 2.30 bits per heavy atom. The van der Waals surface area contributed by atoms with Crippen LogP contribution in [0.15, 0.2) is 24.4 Å². The minimum atomic E-state index is -1.05. The molecule has 7 heteroatoms. The third-order valence-electron chi connectivity index (χ3n) is 4.01. The zero-order valence-electron chi connectivity index (χ0n) is 12.7. The van der Waals surface area contributed by atoms with E-state index in [1.54, 1.807) is 13.3 Å². The number of fused-ring (bicyclic) bond motifs is 1. The molecule has 1 aromatic carbocycles. The largest absolute Gasteiger partial charge is 0.496 e. The lowest BCUT2D eigenvalue weighted by Crippen LogP contribution is -2.49. The Bertz CT molecular complexity index is 739. The van der Waals surface area contributed by atoms with E-state index in [1.807, 2.05) is 18.2 Å². The highest BCUT2D eigenvalue weighted by molar-refractivity contribution is 5.93. The van der Waals surface area contributed by atoms with Crippen molar-refractivity contribution in [3.05, 3.63) is 30.0 Å². The third-order valence-corrected chi connectivity index (χ3v) is 4.01. The van der Waals surface area contributed by atoms with Crippen LogP contribution in [-0.2, 0) is 20.7 Å². The number of carbonyl (C=O) groups excluding carboxylic acids is 1. The van der Waals surface area contributed by atoms with Crippen molar-refractivity contribution in [2.24, 2.45) is 0 Å². The molecule has 0 aliphatic carbocycles. The average molecular weight is 318 g/mol. The number of aliphatic carboxylic acids is 1. The first-order chi connectivity index (χ1) is 11.1. The number of benzene rings is 1. The number of nitrogens with zero attached hydrogens (tertiary/aromatic N) is 1. The molecule has 0 bridgehead atoms. The van der Waals surface area contributed by atoms with Gasteiger partial charge in [0.1, 0.15) is 5.75 Å². The number of carboxylic acids is 1. The van der Waals surface area contributed by atoms with Crippen LogP contribution in [-0.4, -0.2) is 59.8 Å². The average Bonchev–Trinajstić information content (AvgIpc) is 2.98. The lowest BCUT2D eigenvalue weighted by molar-refractivity contribution is -0.159. The quantitative estimate of drug-likeness (QED) is 0.878. The summed E-state index contributed by atoms with van der Waals surface area (Å²) < 4.78 is 10.5. The first-order valence-electron chi connectivity index (χ1n) is 7.35. The van der Waals surface area contributed by atoms with Crippen LogP contribution < -0.4 is 4.74 Å². The minimum absolute atomic E-state index is 0.0770. The summed E-state index contributed by atoms with van der Waals surface area (Å²) in [5.74, 6) is -0.459. The number of nitrogens with one attached hydrogen (secondary N) is 1. The van der Waals surface area contributed by atoms with E-state index in [0.717, 1.165) is 16.5 Å². The molecule has 1 atom stereocenters. The number of morpholine rings is 1. The van der Waals surface area contributed by atoms with Crippen molar-refractivity contribution >= 4 is 22.8 Å². The number of hydrogen-bond acceptors (Lipinski definition) is 4. The van der Waals surface area contributed by atoms with Gasteiger partial charge in [-0.2, -0.15) is 0 Å². The molecule has 1 unspecified atom stereocenters. The van der Waals surface area contributed by atoms with E-state index in [9.17, 15) is 9.59 Å². The van der Waals surface area contributed by atoms with Gasteiger partial charge in [-0.25, -0.2) is 4.79 Å². The van der Waals surface area contributed by atoms with Gasteiger partial charge in [0.2, 0.25) is 5.91 Å². The molecule has 1 aliphatic rings. The summed E-state index contributed by atoms with van der Waals surface area (Å²) in [5, 5.41) is 9.90. The number of ether oxygens (including phenoxy) is 2. The zero-order chi connectivity index (χ0) is 16.4. The molecule has 1 aliphatic heterocycles. The van der Waals surface area contributed by atoms with Crippen LogP contribution in [0.25, 0.3) is 10.9 Å². The van der Waals surface area contributed by atoms with Gasteiger partial charge in [0.25, 0.3) is 0 Å². The highest BCUT2D eigenvalue weighted by Gasteiger charge is 2.29. The molecule has 0 spiro atoms.